The number of pyridine rings is 1. The summed E-state index contributed by atoms with van der Waals surface area (Å²) in [5.74, 6) is -0.411. The van der Waals surface area contributed by atoms with Crippen molar-refractivity contribution >= 4 is 5.97 Å². The summed E-state index contributed by atoms with van der Waals surface area (Å²) >= 11 is 0. The van der Waals surface area contributed by atoms with E-state index < -0.39 is 23.9 Å². The highest BCUT2D eigenvalue weighted by Crippen LogP contribution is 2.60. The number of benzene rings is 2. The molecule has 1 saturated carbocycles. The van der Waals surface area contributed by atoms with E-state index in [1.165, 1.54) is 11.8 Å². The van der Waals surface area contributed by atoms with Crippen LogP contribution in [0, 0.1) is 11.3 Å². The van der Waals surface area contributed by atoms with Crippen molar-refractivity contribution < 1.29 is 32.5 Å². The van der Waals surface area contributed by atoms with Crippen molar-refractivity contribution in [3.63, 3.8) is 0 Å². The number of carboxylic acid groups (broad SMARTS) is 1. The Hall–Kier alpha value is -3.39. The van der Waals surface area contributed by atoms with Crippen LogP contribution in [-0.4, -0.2) is 23.2 Å². The topological polar surface area (TPSA) is 68.7 Å². The number of hydrogen-bond acceptors (Lipinski definition) is 4. The van der Waals surface area contributed by atoms with Gasteiger partial charge in [0.05, 0.1) is 12.0 Å². The highest BCUT2D eigenvalue weighted by molar-refractivity contribution is 5.78. The number of hydrogen-bond donors (Lipinski definition) is 1. The molecule has 0 amide bonds. The molecule has 1 N–H and O–H groups in total. The second kappa shape index (κ2) is 10.2. The van der Waals surface area contributed by atoms with Crippen LogP contribution in [0.2, 0.25) is 0 Å². The number of aliphatic carboxylic acids is 1. The van der Waals surface area contributed by atoms with Crippen molar-refractivity contribution in [1.82, 2.24) is 4.98 Å². The lowest BCUT2D eigenvalue weighted by Crippen LogP contribution is -2.21. The molecule has 8 heteroatoms. The van der Waals surface area contributed by atoms with Crippen molar-refractivity contribution in [1.29, 1.82) is 0 Å². The Morgan fingerprint density at radius 3 is 2.55 bits per heavy atom. The fraction of sp³-hybridized carbons (Fsp3) is 0.438. The first kappa shape index (κ1) is 28.1. The Morgan fingerprint density at radius 2 is 1.90 bits per heavy atom. The molecule has 0 radical (unpaired) electrons. The standard InChI is InChI=1S/C32H34F3NO4/c1-30(2,3)28(39-4)24-14-19(7-10-23(24)21-11-13-36-27(15-21)32(33,34)35)18-40-22-9-8-20-6-5-12-31(25(20)16-22)17-26(31)29(37)38/h7-11,13-16,26,28H,5-6,12,17-18H2,1-4H3,(H,37,38). The van der Waals surface area contributed by atoms with Crippen molar-refractivity contribution in [2.45, 2.75) is 70.8 Å². The lowest BCUT2D eigenvalue weighted by Gasteiger charge is -2.32. The van der Waals surface area contributed by atoms with Crippen molar-refractivity contribution in [3.05, 3.63) is 82.7 Å². The Morgan fingerprint density at radius 1 is 1.12 bits per heavy atom. The summed E-state index contributed by atoms with van der Waals surface area (Å²) in [5, 5.41) is 9.62. The maximum absolute atomic E-state index is 13.4. The number of ether oxygens (including phenoxy) is 2. The van der Waals surface area contributed by atoms with Crippen LogP contribution < -0.4 is 4.74 Å². The van der Waals surface area contributed by atoms with Gasteiger partial charge in [0.1, 0.15) is 18.1 Å². The molecule has 0 aliphatic heterocycles. The molecule has 1 fully saturated rings. The number of halogens is 3. The summed E-state index contributed by atoms with van der Waals surface area (Å²) in [6.45, 7) is 6.30. The minimum absolute atomic E-state index is 0.242. The van der Waals surface area contributed by atoms with Crippen LogP contribution in [0.3, 0.4) is 0 Å². The second-order valence-electron chi connectivity index (χ2n) is 12.0. The predicted octanol–water partition coefficient (Wildman–Crippen LogP) is 7.76. The quantitative estimate of drug-likeness (QED) is 0.324. The fourth-order valence-corrected chi connectivity index (χ4v) is 6.31. The third kappa shape index (κ3) is 5.33. The van der Waals surface area contributed by atoms with Crippen LogP contribution in [0.15, 0.2) is 54.7 Å². The van der Waals surface area contributed by atoms with Crippen molar-refractivity contribution in [2.24, 2.45) is 11.3 Å². The van der Waals surface area contributed by atoms with Gasteiger partial charge in [-0.15, -0.1) is 0 Å². The van der Waals surface area contributed by atoms with Gasteiger partial charge < -0.3 is 14.6 Å². The van der Waals surface area contributed by atoms with E-state index in [0.29, 0.717) is 23.3 Å². The zero-order chi connectivity index (χ0) is 28.9. The van der Waals surface area contributed by atoms with Gasteiger partial charge >= 0.3 is 12.1 Å². The number of rotatable bonds is 7. The van der Waals surface area contributed by atoms with E-state index in [1.54, 1.807) is 13.2 Å². The summed E-state index contributed by atoms with van der Waals surface area (Å²) in [4.78, 5) is 15.2. The SMILES string of the molecule is COC(c1cc(COc2ccc3c(c2)C2(CCC3)CC2C(=O)O)ccc1-c1ccnc(C(F)(F)F)c1)C(C)(C)C. The summed E-state index contributed by atoms with van der Waals surface area (Å²) in [5.41, 5.74) is 3.38. The molecule has 2 aromatic carbocycles. The average Bonchev–Trinajstić information content (AvgIpc) is 3.62. The molecule has 0 saturated heterocycles. The van der Waals surface area contributed by atoms with Crippen LogP contribution in [0.4, 0.5) is 13.2 Å². The summed E-state index contributed by atoms with van der Waals surface area (Å²) in [6.07, 6.45) is -0.298. The highest BCUT2D eigenvalue weighted by atomic mass is 19.4. The number of carbonyl (C=O) groups is 1. The molecule has 3 atom stereocenters. The number of nitrogens with zero attached hydrogens (tertiary/aromatic N) is 1. The van der Waals surface area contributed by atoms with Gasteiger partial charge in [0.25, 0.3) is 0 Å². The predicted molar refractivity (Wildman–Crippen MR) is 145 cm³/mol. The van der Waals surface area contributed by atoms with Crippen LogP contribution in [0.25, 0.3) is 11.1 Å². The molecular formula is C32H34F3NO4. The maximum Gasteiger partial charge on any atom is 0.433 e. The first-order chi connectivity index (χ1) is 18.8. The third-order valence-corrected chi connectivity index (χ3v) is 8.25. The molecule has 1 aromatic heterocycles. The largest absolute Gasteiger partial charge is 0.489 e. The minimum atomic E-state index is -4.55. The molecule has 0 bridgehead atoms. The number of methoxy groups -OCH3 is 1. The molecule has 1 heterocycles. The van der Waals surface area contributed by atoms with Gasteiger partial charge in [0, 0.05) is 18.7 Å². The monoisotopic (exact) mass is 553 g/mol. The smallest absolute Gasteiger partial charge is 0.433 e. The minimum Gasteiger partial charge on any atom is -0.489 e. The fourth-order valence-electron chi connectivity index (χ4n) is 6.31. The van der Waals surface area contributed by atoms with E-state index in [9.17, 15) is 23.1 Å². The molecule has 2 aliphatic rings. The number of alkyl halides is 3. The number of fused-ring (bicyclic) bond motifs is 2. The van der Waals surface area contributed by atoms with E-state index in [0.717, 1.165) is 42.0 Å². The molecule has 5 rings (SSSR count). The first-order valence-corrected chi connectivity index (χ1v) is 13.5. The number of aryl methyl sites for hydroxylation is 1. The molecule has 5 nitrogen and oxygen atoms in total. The van der Waals surface area contributed by atoms with Gasteiger partial charge in [-0.25, -0.2) is 0 Å². The molecule has 2 aliphatic carbocycles. The van der Waals surface area contributed by atoms with Gasteiger partial charge in [-0.1, -0.05) is 39.0 Å². The van der Waals surface area contributed by atoms with Crippen LogP contribution in [-0.2, 0) is 34.2 Å². The Labute approximate surface area is 232 Å². The van der Waals surface area contributed by atoms with Gasteiger partial charge in [-0.2, -0.15) is 13.2 Å². The highest BCUT2D eigenvalue weighted by Gasteiger charge is 2.60. The van der Waals surface area contributed by atoms with Gasteiger partial charge in [0.2, 0.25) is 0 Å². The van der Waals surface area contributed by atoms with Crippen LogP contribution in [0.5, 0.6) is 5.75 Å². The number of carboxylic acids is 1. The normalized spacial score (nSPS) is 21.1. The first-order valence-electron chi connectivity index (χ1n) is 13.5. The molecule has 1 spiro atoms. The van der Waals surface area contributed by atoms with Crippen molar-refractivity contribution in [3.8, 4) is 16.9 Å². The van der Waals surface area contributed by atoms with E-state index >= 15 is 0 Å². The van der Waals surface area contributed by atoms with Crippen molar-refractivity contribution in [2.75, 3.05) is 7.11 Å². The van der Waals surface area contributed by atoms with Crippen LogP contribution in [0.1, 0.15) is 74.1 Å². The summed E-state index contributed by atoms with van der Waals surface area (Å²) in [6, 6.07) is 14.2. The summed E-state index contributed by atoms with van der Waals surface area (Å²) < 4.78 is 52.3. The van der Waals surface area contributed by atoms with E-state index in [2.05, 4.69) is 4.98 Å². The van der Waals surface area contributed by atoms with E-state index in [-0.39, 0.29) is 23.4 Å². The molecule has 3 unspecified atom stereocenters. The lowest BCUT2D eigenvalue weighted by molar-refractivity contribution is -0.141. The Bertz CT molecular complexity index is 1430. The van der Waals surface area contributed by atoms with E-state index in [4.69, 9.17) is 9.47 Å². The van der Waals surface area contributed by atoms with E-state index in [1.807, 2.05) is 57.2 Å². The maximum atomic E-state index is 13.4. The zero-order valence-corrected chi connectivity index (χ0v) is 23.1. The lowest BCUT2D eigenvalue weighted by atomic mass is 9.78. The second-order valence-corrected chi connectivity index (χ2v) is 12.0. The number of aromatic nitrogens is 1. The Kier molecular flexibility index (Phi) is 7.19. The zero-order valence-electron chi connectivity index (χ0n) is 23.1. The Balaban J connectivity index is 1.45. The third-order valence-electron chi connectivity index (χ3n) is 8.25. The average molecular weight is 554 g/mol. The van der Waals surface area contributed by atoms with Gasteiger partial charge in [-0.3, -0.25) is 9.78 Å². The summed E-state index contributed by atoms with van der Waals surface area (Å²) in [7, 11) is 1.60. The molecular weight excluding hydrogens is 519 g/mol. The van der Waals surface area contributed by atoms with Gasteiger partial charge in [-0.05, 0) is 94.8 Å². The molecule has 212 valence electrons. The molecule has 40 heavy (non-hydrogen) atoms. The van der Waals surface area contributed by atoms with Crippen LogP contribution >= 0.6 is 0 Å². The molecule has 3 aromatic rings. The van der Waals surface area contributed by atoms with Gasteiger partial charge in [0.15, 0.2) is 0 Å².